The van der Waals surface area contributed by atoms with Crippen molar-refractivity contribution >= 4 is 59.1 Å². The van der Waals surface area contributed by atoms with Gasteiger partial charge in [-0.1, -0.05) is 38.1 Å². The number of aliphatic carboxylic acids is 1. The van der Waals surface area contributed by atoms with E-state index in [1.54, 1.807) is 13.8 Å². The van der Waals surface area contributed by atoms with E-state index in [4.69, 9.17) is 17.2 Å². The van der Waals surface area contributed by atoms with Gasteiger partial charge in [-0.15, -0.1) is 0 Å². The summed E-state index contributed by atoms with van der Waals surface area (Å²) in [4.78, 5) is 132. The minimum atomic E-state index is -1.84. The molecule has 9 atom stereocenters. The molecule has 0 aliphatic carbocycles. The molecule has 1 saturated heterocycles. The minimum absolute atomic E-state index is 0.0141. The number of hydrogen-bond acceptors (Lipinski definition) is 15. The first kappa shape index (κ1) is 57.9. The largest absolute Gasteiger partial charge is 0.508 e. The van der Waals surface area contributed by atoms with Crippen molar-refractivity contribution in [2.24, 2.45) is 23.1 Å². The Morgan fingerprint density at radius 3 is 1.54 bits per heavy atom. The highest BCUT2D eigenvalue weighted by Gasteiger charge is 2.41. The number of nitrogens with two attached hydrogens (primary N) is 3. The summed E-state index contributed by atoms with van der Waals surface area (Å²) in [7, 11) is 0. The second kappa shape index (κ2) is 27.7. The van der Waals surface area contributed by atoms with Crippen LogP contribution in [-0.2, 0) is 60.8 Å². The Balaban J connectivity index is 1.91. The van der Waals surface area contributed by atoms with Gasteiger partial charge in [0, 0.05) is 32.2 Å². The zero-order valence-electron chi connectivity index (χ0n) is 39.7. The highest BCUT2D eigenvalue weighted by atomic mass is 16.4. The van der Waals surface area contributed by atoms with Gasteiger partial charge in [0.15, 0.2) is 0 Å². The Morgan fingerprint density at radius 2 is 1.08 bits per heavy atom. The quantitative estimate of drug-likeness (QED) is 0.0388. The van der Waals surface area contributed by atoms with Crippen LogP contribution >= 0.6 is 0 Å². The predicted molar refractivity (Wildman–Crippen MR) is 251 cm³/mol. The third-order valence-electron chi connectivity index (χ3n) is 11.4. The van der Waals surface area contributed by atoms with Crippen LogP contribution in [0.3, 0.4) is 0 Å². The smallest absolute Gasteiger partial charge is 0.326 e. The van der Waals surface area contributed by atoms with Crippen molar-refractivity contribution in [3.63, 3.8) is 0 Å². The maximum Gasteiger partial charge on any atom is 0.326 e. The number of primary amides is 2. The van der Waals surface area contributed by atoms with Crippen molar-refractivity contribution in [2.75, 3.05) is 13.2 Å². The average Bonchev–Trinajstić information content (AvgIpc) is 3.81. The fraction of sp³-hybridized carbons (Fsp3) is 0.522. The minimum Gasteiger partial charge on any atom is -0.508 e. The van der Waals surface area contributed by atoms with Crippen molar-refractivity contribution in [2.45, 2.75) is 133 Å². The molecule has 1 fully saturated rings. The summed E-state index contributed by atoms with van der Waals surface area (Å²) in [6.07, 6.45) is -2.85. The summed E-state index contributed by atoms with van der Waals surface area (Å²) in [5.74, 6) is -10.1. The lowest BCUT2D eigenvalue weighted by molar-refractivity contribution is -0.146. The molecule has 0 unspecified atom stereocenters. The Bertz CT molecular complexity index is 2210. The average molecular weight is 999 g/mol. The molecule has 17 N–H and O–H groups in total. The number of carbonyl (C=O) groups is 10. The number of benzene rings is 2. The number of nitrogens with zero attached hydrogens (tertiary/aromatic N) is 1. The summed E-state index contributed by atoms with van der Waals surface area (Å²) in [5, 5.41) is 65.1. The second-order valence-corrected chi connectivity index (χ2v) is 17.7. The molecule has 25 nitrogen and oxygen atoms in total. The SMILES string of the molecule is CC(C)C[C@H](NC(=O)[C@@H]1CCCN1C(=O)[C@@H](NC(=O)[C@H](CO)NC(=O)[C@H](Cc1ccc(O)cc1)NC(=O)[C@H](Cc1ccc(O)cc1)NC(=O)[C@H](CCC(N)=O)NC(=O)[C@@H](N)CCC(N)=O)[C@@H](C)O)C(=O)O. The van der Waals surface area contributed by atoms with Crippen LogP contribution < -0.4 is 49.1 Å². The molecule has 1 heterocycles. The first-order chi connectivity index (χ1) is 33.4. The number of nitrogens with one attached hydrogen (secondary N) is 6. The molecule has 0 aromatic heterocycles. The molecule has 3 rings (SSSR count). The van der Waals surface area contributed by atoms with E-state index in [0.717, 1.165) is 4.90 Å². The van der Waals surface area contributed by atoms with Crippen molar-refractivity contribution in [3.05, 3.63) is 59.7 Å². The number of amides is 9. The lowest BCUT2D eigenvalue weighted by Gasteiger charge is -2.31. The van der Waals surface area contributed by atoms with Gasteiger partial charge < -0.3 is 79.5 Å². The number of phenols is 2. The lowest BCUT2D eigenvalue weighted by Crippen LogP contribution is -2.62. The fourth-order valence-electron chi connectivity index (χ4n) is 7.51. The fourth-order valence-corrected chi connectivity index (χ4v) is 7.51. The van der Waals surface area contributed by atoms with E-state index < -0.39 is 127 Å². The zero-order chi connectivity index (χ0) is 53.1. The van der Waals surface area contributed by atoms with Gasteiger partial charge in [-0.05, 0) is 80.3 Å². The maximum absolute atomic E-state index is 14.3. The Morgan fingerprint density at radius 1 is 0.634 bits per heavy atom. The van der Waals surface area contributed by atoms with E-state index in [2.05, 4.69) is 31.9 Å². The summed E-state index contributed by atoms with van der Waals surface area (Å²) in [6, 6.07) is -1.07. The molecule has 0 spiro atoms. The molecule has 0 bridgehead atoms. The normalized spacial score (nSPS) is 16.7. The van der Waals surface area contributed by atoms with Crippen molar-refractivity contribution in [1.82, 2.24) is 36.8 Å². The van der Waals surface area contributed by atoms with E-state index in [0.29, 0.717) is 17.5 Å². The van der Waals surface area contributed by atoms with Gasteiger partial charge in [0.05, 0.1) is 18.8 Å². The first-order valence-electron chi connectivity index (χ1n) is 22.9. The van der Waals surface area contributed by atoms with Gasteiger partial charge in [-0.3, -0.25) is 43.2 Å². The number of rotatable bonds is 28. The molecule has 2 aromatic carbocycles. The number of aliphatic hydroxyl groups excluding tert-OH is 2. The van der Waals surface area contributed by atoms with Crippen molar-refractivity contribution in [1.29, 1.82) is 0 Å². The number of carboxylic acid groups (broad SMARTS) is 1. The molecule has 390 valence electrons. The van der Waals surface area contributed by atoms with Crippen molar-refractivity contribution in [3.8, 4) is 11.5 Å². The number of aliphatic hydroxyl groups is 2. The summed E-state index contributed by atoms with van der Waals surface area (Å²) >= 11 is 0. The Hall–Kier alpha value is -7.38. The molecule has 1 aliphatic rings. The molecule has 1 aliphatic heterocycles. The van der Waals surface area contributed by atoms with Crippen LogP contribution in [-0.4, -0.2) is 157 Å². The number of carbonyl (C=O) groups excluding carboxylic acids is 9. The van der Waals surface area contributed by atoms with E-state index in [1.807, 2.05) is 0 Å². The maximum atomic E-state index is 14.3. The highest BCUT2D eigenvalue weighted by molar-refractivity contribution is 5.98. The van der Waals surface area contributed by atoms with Gasteiger partial charge in [-0.25, -0.2) is 4.79 Å². The highest BCUT2D eigenvalue weighted by Crippen LogP contribution is 2.21. The van der Waals surface area contributed by atoms with Crippen LogP contribution in [0.1, 0.15) is 76.8 Å². The third-order valence-corrected chi connectivity index (χ3v) is 11.4. The molecular formula is C46H66N10O15. The standard InChI is InChI=1S/C46H66N10O15/c1-23(2)19-33(46(70)71)53-44(68)35-5-4-18-56(35)45(69)38(24(3)58)55-43(67)34(22-57)54-42(66)32(21-26-8-12-28(60)13-9-26)52-41(65)31(20-25-6-10-27(59)11-7-25)51-40(64)30(15-17-37(49)62)50-39(63)29(47)14-16-36(48)61/h6-13,23-24,29-35,38,57-60H,4-5,14-22,47H2,1-3H3,(H2,48,61)(H2,49,62)(H,50,63)(H,51,64)(H,52,65)(H,53,68)(H,54,66)(H,55,67)(H,70,71)/t24-,29+,30+,31+,32+,33+,34+,35+,38+/m1/s1. The summed E-state index contributed by atoms with van der Waals surface area (Å²) in [6.45, 7) is 3.65. The van der Waals surface area contributed by atoms with E-state index in [-0.39, 0.29) is 68.9 Å². The van der Waals surface area contributed by atoms with Crippen molar-refractivity contribution < 1.29 is 73.5 Å². The van der Waals surface area contributed by atoms with Crippen LogP contribution in [0.2, 0.25) is 0 Å². The van der Waals surface area contributed by atoms with E-state index >= 15 is 0 Å². The van der Waals surface area contributed by atoms with Gasteiger partial charge in [0.2, 0.25) is 53.2 Å². The predicted octanol–water partition coefficient (Wildman–Crippen LogP) is -3.86. The van der Waals surface area contributed by atoms with Gasteiger partial charge >= 0.3 is 5.97 Å². The monoisotopic (exact) mass is 998 g/mol. The molecular weight excluding hydrogens is 933 g/mol. The summed E-state index contributed by atoms with van der Waals surface area (Å²) in [5.41, 5.74) is 17.1. The molecule has 71 heavy (non-hydrogen) atoms. The van der Waals surface area contributed by atoms with Crippen LogP contribution in [0.4, 0.5) is 0 Å². The molecule has 25 heteroatoms. The molecule has 0 radical (unpaired) electrons. The second-order valence-electron chi connectivity index (χ2n) is 17.7. The topological polar surface area (TPSA) is 425 Å². The van der Waals surface area contributed by atoms with Gasteiger partial charge in [-0.2, -0.15) is 0 Å². The van der Waals surface area contributed by atoms with Crippen LogP contribution in [0, 0.1) is 5.92 Å². The van der Waals surface area contributed by atoms with E-state index in [1.165, 1.54) is 55.5 Å². The number of aromatic hydroxyl groups is 2. The van der Waals surface area contributed by atoms with Crippen LogP contribution in [0.5, 0.6) is 11.5 Å². The first-order valence-corrected chi connectivity index (χ1v) is 22.9. The third kappa shape index (κ3) is 18.8. The number of carboxylic acids is 1. The lowest BCUT2D eigenvalue weighted by atomic mass is 10.0. The number of hydrogen-bond donors (Lipinski definition) is 14. The summed E-state index contributed by atoms with van der Waals surface area (Å²) < 4.78 is 0. The number of phenolic OH excluding ortho intramolecular Hbond substituents is 2. The van der Waals surface area contributed by atoms with Crippen LogP contribution in [0.15, 0.2) is 48.5 Å². The molecule has 0 saturated carbocycles. The van der Waals surface area contributed by atoms with Gasteiger partial charge in [0.25, 0.3) is 0 Å². The zero-order valence-corrected chi connectivity index (χ0v) is 39.7. The molecule has 2 aromatic rings. The Kier molecular flexibility index (Phi) is 22.6. The van der Waals surface area contributed by atoms with Gasteiger partial charge in [0.1, 0.15) is 53.8 Å². The van der Waals surface area contributed by atoms with Crippen LogP contribution in [0.25, 0.3) is 0 Å². The Labute approximate surface area is 409 Å². The molecule has 9 amide bonds. The van der Waals surface area contributed by atoms with E-state index in [9.17, 15) is 73.5 Å². The number of likely N-dealkylation sites (tertiary alicyclic amines) is 1.